The van der Waals surface area contributed by atoms with Gasteiger partial charge in [-0.05, 0) is 0 Å². The first kappa shape index (κ1) is 9.65. The molecule has 76 valence electrons. The molecule has 3 nitrogen and oxygen atoms in total. The van der Waals surface area contributed by atoms with Crippen LogP contribution in [-0.4, -0.2) is 15.8 Å². The molecule has 0 aliphatic rings. The topological polar surface area (TPSA) is 34.9 Å². The predicted molar refractivity (Wildman–Crippen MR) is 58.3 cm³/mol. The zero-order valence-electron chi connectivity index (χ0n) is 8.34. The Hall–Kier alpha value is -1.90. The van der Waals surface area contributed by atoms with Gasteiger partial charge in [0.15, 0.2) is 0 Å². The van der Waals surface area contributed by atoms with Crippen molar-refractivity contribution in [3.05, 3.63) is 42.9 Å². The number of rotatable bonds is 4. The van der Waals surface area contributed by atoms with E-state index >= 15 is 0 Å². The molecule has 15 heavy (non-hydrogen) atoms. The quantitative estimate of drug-likeness (QED) is 0.709. The number of hydrogen-bond donors (Lipinski definition) is 0. The van der Waals surface area contributed by atoms with E-state index in [0.717, 1.165) is 17.5 Å². The van der Waals surface area contributed by atoms with Gasteiger partial charge in [0, 0.05) is 24.7 Å². The molecule has 1 heterocycles. The van der Waals surface area contributed by atoms with E-state index in [2.05, 4.69) is 4.98 Å². The summed E-state index contributed by atoms with van der Waals surface area (Å²) in [6, 6.07) is 9.99. The summed E-state index contributed by atoms with van der Waals surface area (Å²) in [5.41, 5.74) is 2.05. The highest BCUT2D eigenvalue weighted by Crippen LogP contribution is 2.15. The molecule has 0 fully saturated rings. The Morgan fingerprint density at radius 2 is 2.07 bits per heavy atom. The number of benzene rings is 1. The molecule has 0 saturated carbocycles. The van der Waals surface area contributed by atoms with Gasteiger partial charge in [-0.15, -0.1) is 0 Å². The molecule has 0 amide bonds. The summed E-state index contributed by atoms with van der Waals surface area (Å²) >= 11 is 0. The van der Waals surface area contributed by atoms with Gasteiger partial charge < -0.3 is 9.36 Å². The molecule has 0 spiro atoms. The lowest BCUT2D eigenvalue weighted by Crippen LogP contribution is -1.93. The second-order valence-electron chi connectivity index (χ2n) is 3.32. The molecule has 0 aliphatic carbocycles. The van der Waals surface area contributed by atoms with E-state index in [9.17, 15) is 4.79 Å². The van der Waals surface area contributed by atoms with Crippen LogP contribution in [0.4, 0.5) is 0 Å². The third-order valence-electron chi connectivity index (χ3n) is 2.21. The van der Waals surface area contributed by atoms with Gasteiger partial charge in [-0.3, -0.25) is 0 Å². The van der Waals surface area contributed by atoms with Gasteiger partial charge in [-0.1, -0.05) is 30.3 Å². The molecule has 3 heteroatoms. The number of hydrogen-bond acceptors (Lipinski definition) is 2. The van der Waals surface area contributed by atoms with Crippen LogP contribution in [0.25, 0.3) is 11.3 Å². The predicted octanol–water partition coefficient (Wildman–Crippen LogP) is 2.14. The molecular formula is C12H12N2O. The van der Waals surface area contributed by atoms with E-state index in [-0.39, 0.29) is 0 Å². The number of nitrogens with zero attached hydrogens (tertiary/aromatic N) is 2. The third kappa shape index (κ3) is 2.31. The number of carbonyl (C=O) groups excluding carboxylic acids is 1. The fourth-order valence-electron chi connectivity index (χ4n) is 1.44. The smallest absolute Gasteiger partial charge is 0.121 e. The number of imidazole rings is 1. The van der Waals surface area contributed by atoms with Crippen molar-refractivity contribution in [1.29, 1.82) is 0 Å². The van der Waals surface area contributed by atoms with Crippen LogP contribution in [0.5, 0.6) is 0 Å². The van der Waals surface area contributed by atoms with Gasteiger partial charge in [-0.2, -0.15) is 0 Å². The van der Waals surface area contributed by atoms with Crippen molar-refractivity contribution >= 4 is 6.29 Å². The van der Waals surface area contributed by atoms with Crippen LogP contribution in [-0.2, 0) is 11.3 Å². The summed E-state index contributed by atoms with van der Waals surface area (Å²) in [4.78, 5) is 14.5. The third-order valence-corrected chi connectivity index (χ3v) is 2.21. The Labute approximate surface area is 88.4 Å². The van der Waals surface area contributed by atoms with E-state index in [1.807, 2.05) is 41.1 Å². The molecule has 0 bridgehead atoms. The SMILES string of the molecule is O=CCCn1cnc(-c2ccccc2)c1. The maximum atomic E-state index is 10.2. The summed E-state index contributed by atoms with van der Waals surface area (Å²) in [5.74, 6) is 0. The van der Waals surface area contributed by atoms with Gasteiger partial charge in [-0.25, -0.2) is 4.98 Å². The van der Waals surface area contributed by atoms with E-state index in [1.54, 1.807) is 6.33 Å². The van der Waals surface area contributed by atoms with Gasteiger partial charge in [0.1, 0.15) is 6.29 Å². The van der Waals surface area contributed by atoms with E-state index in [0.29, 0.717) is 13.0 Å². The Balaban J connectivity index is 2.17. The number of aryl methyl sites for hydroxylation is 1. The van der Waals surface area contributed by atoms with Gasteiger partial charge in [0.05, 0.1) is 12.0 Å². The Morgan fingerprint density at radius 1 is 1.27 bits per heavy atom. The van der Waals surface area contributed by atoms with Gasteiger partial charge in [0.25, 0.3) is 0 Å². The van der Waals surface area contributed by atoms with Crippen LogP contribution >= 0.6 is 0 Å². The minimum absolute atomic E-state index is 0.532. The summed E-state index contributed by atoms with van der Waals surface area (Å²) in [7, 11) is 0. The normalized spacial score (nSPS) is 10.1. The van der Waals surface area contributed by atoms with Crippen molar-refractivity contribution in [2.24, 2.45) is 0 Å². The largest absolute Gasteiger partial charge is 0.336 e. The minimum atomic E-state index is 0.532. The molecule has 1 aromatic heterocycles. The van der Waals surface area contributed by atoms with Crippen LogP contribution in [0.1, 0.15) is 6.42 Å². The molecule has 2 aromatic rings. The van der Waals surface area contributed by atoms with Crippen molar-refractivity contribution < 1.29 is 4.79 Å². The van der Waals surface area contributed by atoms with Crippen molar-refractivity contribution in [2.45, 2.75) is 13.0 Å². The molecule has 1 aromatic carbocycles. The zero-order valence-corrected chi connectivity index (χ0v) is 8.34. The standard InChI is InChI=1S/C12H12N2O/c15-8-4-7-14-9-12(13-10-14)11-5-2-1-3-6-11/h1-3,5-6,8-10H,4,7H2. The molecule has 0 atom stereocenters. The Kier molecular flexibility index (Phi) is 2.93. The van der Waals surface area contributed by atoms with Crippen LogP contribution in [0, 0.1) is 0 Å². The maximum Gasteiger partial charge on any atom is 0.121 e. The second-order valence-corrected chi connectivity index (χ2v) is 3.32. The Bertz CT molecular complexity index is 434. The zero-order chi connectivity index (χ0) is 10.5. The van der Waals surface area contributed by atoms with E-state index in [1.165, 1.54) is 0 Å². The average Bonchev–Trinajstić information content (AvgIpc) is 2.76. The molecule has 0 radical (unpaired) electrons. The lowest BCUT2D eigenvalue weighted by molar-refractivity contribution is -0.108. The molecule has 0 saturated heterocycles. The maximum absolute atomic E-state index is 10.2. The van der Waals surface area contributed by atoms with Crippen LogP contribution in [0.3, 0.4) is 0 Å². The second kappa shape index (κ2) is 4.55. The Morgan fingerprint density at radius 3 is 2.80 bits per heavy atom. The summed E-state index contributed by atoms with van der Waals surface area (Å²) in [5, 5.41) is 0. The lowest BCUT2D eigenvalue weighted by atomic mass is 10.2. The molecule has 0 aliphatic heterocycles. The van der Waals surface area contributed by atoms with Crippen LogP contribution in [0.15, 0.2) is 42.9 Å². The highest BCUT2D eigenvalue weighted by molar-refractivity contribution is 5.57. The van der Waals surface area contributed by atoms with Gasteiger partial charge >= 0.3 is 0 Å². The lowest BCUT2D eigenvalue weighted by Gasteiger charge is -1.96. The number of aromatic nitrogens is 2. The average molecular weight is 200 g/mol. The summed E-state index contributed by atoms with van der Waals surface area (Å²) in [6.45, 7) is 0.698. The fourth-order valence-corrected chi connectivity index (χ4v) is 1.44. The summed E-state index contributed by atoms with van der Waals surface area (Å²) < 4.78 is 1.93. The first-order valence-corrected chi connectivity index (χ1v) is 4.91. The van der Waals surface area contributed by atoms with Crippen LogP contribution in [0.2, 0.25) is 0 Å². The van der Waals surface area contributed by atoms with Gasteiger partial charge in [0.2, 0.25) is 0 Å². The first-order chi connectivity index (χ1) is 7.40. The fraction of sp³-hybridized carbons (Fsp3) is 0.167. The van der Waals surface area contributed by atoms with Crippen molar-refractivity contribution in [3.8, 4) is 11.3 Å². The first-order valence-electron chi connectivity index (χ1n) is 4.91. The van der Waals surface area contributed by atoms with Crippen molar-refractivity contribution in [3.63, 3.8) is 0 Å². The number of carbonyl (C=O) groups is 1. The highest BCUT2D eigenvalue weighted by Gasteiger charge is 2.00. The van der Waals surface area contributed by atoms with Crippen molar-refractivity contribution in [2.75, 3.05) is 0 Å². The molecular weight excluding hydrogens is 188 g/mol. The molecule has 2 rings (SSSR count). The highest BCUT2D eigenvalue weighted by atomic mass is 16.1. The number of aldehydes is 1. The molecule has 0 unspecified atom stereocenters. The summed E-state index contributed by atoms with van der Waals surface area (Å²) in [6.07, 6.45) is 5.16. The van der Waals surface area contributed by atoms with Crippen LogP contribution < -0.4 is 0 Å². The monoisotopic (exact) mass is 200 g/mol. The minimum Gasteiger partial charge on any atom is -0.336 e. The van der Waals surface area contributed by atoms with Crippen molar-refractivity contribution in [1.82, 2.24) is 9.55 Å². The molecule has 0 N–H and O–H groups in total. The van der Waals surface area contributed by atoms with E-state index in [4.69, 9.17) is 0 Å². The van der Waals surface area contributed by atoms with E-state index < -0.39 is 0 Å².